The molecule has 0 aliphatic rings. The van der Waals surface area contributed by atoms with Crippen LogP contribution in [-0.4, -0.2) is 16.1 Å². The Kier molecular flexibility index (Phi) is 2.64. The van der Waals surface area contributed by atoms with E-state index in [1.54, 1.807) is 12.1 Å². The smallest absolute Gasteiger partial charge is 0.153 e. The first-order valence-corrected chi connectivity index (χ1v) is 4.95. The van der Waals surface area contributed by atoms with Crippen LogP contribution in [0.1, 0.15) is 10.4 Å². The molecule has 0 aliphatic heterocycles. The van der Waals surface area contributed by atoms with Crippen molar-refractivity contribution in [2.24, 2.45) is 0 Å². The number of benzene rings is 1. The van der Waals surface area contributed by atoms with Gasteiger partial charge in [0.2, 0.25) is 0 Å². The third-order valence-corrected chi connectivity index (χ3v) is 2.55. The molecule has 0 spiro atoms. The van der Waals surface area contributed by atoms with E-state index in [1.165, 1.54) is 23.1 Å². The third kappa shape index (κ3) is 1.97. The zero-order valence-corrected chi connectivity index (χ0v) is 9.11. The number of carbonyl (C=O) groups excluding carboxylic acids is 1. The largest absolute Gasteiger partial charge is 0.298 e. The second kappa shape index (κ2) is 3.94. The Hall–Kier alpha value is -1.49. The molecule has 5 heteroatoms. The minimum atomic E-state index is -0.365. The van der Waals surface area contributed by atoms with Crippen molar-refractivity contribution in [1.82, 2.24) is 9.78 Å². The van der Waals surface area contributed by atoms with Crippen LogP contribution >= 0.6 is 15.9 Å². The minimum absolute atomic E-state index is 0.365. The van der Waals surface area contributed by atoms with Crippen LogP contribution in [0.3, 0.4) is 0 Å². The highest BCUT2D eigenvalue weighted by atomic mass is 79.9. The van der Waals surface area contributed by atoms with Crippen LogP contribution in [0.15, 0.2) is 35.1 Å². The summed E-state index contributed by atoms with van der Waals surface area (Å²) in [7, 11) is 0. The standard InChI is InChI=1S/C10H6BrFN2O/c11-9-2-1-8(3-10(9)12)14-5-7(6-15)4-13-14/h1-6H. The molecule has 2 rings (SSSR count). The van der Waals surface area contributed by atoms with Gasteiger partial charge in [0.05, 0.1) is 21.9 Å². The van der Waals surface area contributed by atoms with Gasteiger partial charge >= 0.3 is 0 Å². The summed E-state index contributed by atoms with van der Waals surface area (Å²) in [5.74, 6) is -0.365. The topological polar surface area (TPSA) is 34.9 Å². The summed E-state index contributed by atoms with van der Waals surface area (Å²) in [5, 5.41) is 3.93. The number of aromatic nitrogens is 2. The lowest BCUT2D eigenvalue weighted by Crippen LogP contribution is -1.94. The van der Waals surface area contributed by atoms with Gasteiger partial charge in [-0.3, -0.25) is 4.79 Å². The van der Waals surface area contributed by atoms with E-state index in [4.69, 9.17) is 0 Å². The monoisotopic (exact) mass is 268 g/mol. The lowest BCUT2D eigenvalue weighted by atomic mass is 10.3. The minimum Gasteiger partial charge on any atom is -0.298 e. The van der Waals surface area contributed by atoms with Gasteiger partial charge in [0.15, 0.2) is 6.29 Å². The molecule has 0 atom stereocenters. The molecule has 76 valence electrons. The number of hydrogen-bond donors (Lipinski definition) is 0. The van der Waals surface area contributed by atoms with E-state index in [-0.39, 0.29) is 5.82 Å². The lowest BCUT2D eigenvalue weighted by molar-refractivity contribution is 0.112. The number of hydrogen-bond acceptors (Lipinski definition) is 2. The van der Waals surface area contributed by atoms with Crippen LogP contribution in [0, 0.1) is 5.82 Å². The fourth-order valence-electron chi connectivity index (χ4n) is 1.17. The van der Waals surface area contributed by atoms with Crippen molar-refractivity contribution in [3.8, 4) is 5.69 Å². The average molecular weight is 269 g/mol. The molecule has 1 heterocycles. The van der Waals surface area contributed by atoms with Crippen LogP contribution in [0.25, 0.3) is 5.69 Å². The highest BCUT2D eigenvalue weighted by Gasteiger charge is 2.03. The van der Waals surface area contributed by atoms with E-state index in [2.05, 4.69) is 21.0 Å². The molecule has 0 amide bonds. The van der Waals surface area contributed by atoms with Crippen molar-refractivity contribution in [3.05, 3.63) is 46.4 Å². The Morgan fingerprint density at radius 2 is 2.27 bits per heavy atom. The Morgan fingerprint density at radius 3 is 2.87 bits per heavy atom. The maximum Gasteiger partial charge on any atom is 0.153 e. The fourth-order valence-corrected chi connectivity index (χ4v) is 1.41. The molecule has 15 heavy (non-hydrogen) atoms. The second-order valence-electron chi connectivity index (χ2n) is 2.93. The van der Waals surface area contributed by atoms with Gasteiger partial charge in [-0.1, -0.05) is 0 Å². The summed E-state index contributed by atoms with van der Waals surface area (Å²) in [6.07, 6.45) is 3.65. The molecule has 1 aromatic carbocycles. The van der Waals surface area contributed by atoms with Gasteiger partial charge in [-0.2, -0.15) is 5.10 Å². The Balaban J connectivity index is 2.44. The summed E-state index contributed by atoms with van der Waals surface area (Å²) >= 11 is 3.06. The van der Waals surface area contributed by atoms with E-state index in [9.17, 15) is 9.18 Å². The van der Waals surface area contributed by atoms with Crippen LogP contribution in [-0.2, 0) is 0 Å². The summed E-state index contributed by atoms with van der Waals surface area (Å²) in [6.45, 7) is 0. The molecule has 0 fully saturated rings. The molecule has 3 nitrogen and oxygen atoms in total. The molecule has 0 radical (unpaired) electrons. The van der Waals surface area contributed by atoms with Gasteiger partial charge in [0.1, 0.15) is 5.82 Å². The lowest BCUT2D eigenvalue weighted by Gasteiger charge is -2.01. The SMILES string of the molecule is O=Cc1cnn(-c2ccc(Br)c(F)c2)c1. The molecule has 0 saturated carbocycles. The molecule has 0 bridgehead atoms. The molecular weight excluding hydrogens is 263 g/mol. The second-order valence-corrected chi connectivity index (χ2v) is 3.79. The maximum atomic E-state index is 13.2. The summed E-state index contributed by atoms with van der Waals surface area (Å²) in [5.41, 5.74) is 1.03. The summed E-state index contributed by atoms with van der Waals surface area (Å²) < 4.78 is 15.0. The molecule has 0 N–H and O–H groups in total. The van der Waals surface area contributed by atoms with Gasteiger partial charge in [-0.15, -0.1) is 0 Å². The van der Waals surface area contributed by atoms with E-state index >= 15 is 0 Å². The normalized spacial score (nSPS) is 10.3. The number of nitrogens with zero attached hydrogens (tertiary/aromatic N) is 2. The highest BCUT2D eigenvalue weighted by molar-refractivity contribution is 9.10. The molecule has 0 unspecified atom stereocenters. The predicted molar refractivity (Wildman–Crippen MR) is 56.6 cm³/mol. The number of carbonyl (C=O) groups is 1. The number of halogens is 2. The molecule has 1 aromatic heterocycles. The number of rotatable bonds is 2. The maximum absolute atomic E-state index is 13.2. The van der Waals surface area contributed by atoms with E-state index in [1.807, 2.05) is 0 Å². The van der Waals surface area contributed by atoms with Crippen LogP contribution in [0.4, 0.5) is 4.39 Å². The zero-order chi connectivity index (χ0) is 10.8. The van der Waals surface area contributed by atoms with Crippen LogP contribution < -0.4 is 0 Å². The van der Waals surface area contributed by atoms with Crippen molar-refractivity contribution in [2.75, 3.05) is 0 Å². The zero-order valence-electron chi connectivity index (χ0n) is 7.52. The fraction of sp³-hybridized carbons (Fsp3) is 0. The van der Waals surface area contributed by atoms with Crippen LogP contribution in [0.5, 0.6) is 0 Å². The Morgan fingerprint density at radius 1 is 1.47 bits per heavy atom. The molecule has 0 aliphatic carbocycles. The Bertz CT molecular complexity index is 510. The molecule has 2 aromatic rings. The Labute approximate surface area is 93.7 Å². The quantitative estimate of drug-likeness (QED) is 0.785. The van der Waals surface area contributed by atoms with Crippen molar-refractivity contribution in [3.63, 3.8) is 0 Å². The van der Waals surface area contributed by atoms with Gasteiger partial charge < -0.3 is 0 Å². The highest BCUT2D eigenvalue weighted by Crippen LogP contribution is 2.18. The third-order valence-electron chi connectivity index (χ3n) is 1.91. The van der Waals surface area contributed by atoms with Gasteiger partial charge in [0, 0.05) is 12.3 Å². The first-order chi connectivity index (χ1) is 7.20. The van der Waals surface area contributed by atoms with Crippen molar-refractivity contribution in [2.45, 2.75) is 0 Å². The van der Waals surface area contributed by atoms with E-state index < -0.39 is 0 Å². The first kappa shape index (κ1) is 10.0. The summed E-state index contributed by atoms with van der Waals surface area (Å²) in [4.78, 5) is 10.4. The molecule has 0 saturated heterocycles. The van der Waals surface area contributed by atoms with E-state index in [0.29, 0.717) is 22.0 Å². The first-order valence-electron chi connectivity index (χ1n) is 4.16. The van der Waals surface area contributed by atoms with Crippen molar-refractivity contribution < 1.29 is 9.18 Å². The van der Waals surface area contributed by atoms with Crippen LogP contribution in [0.2, 0.25) is 0 Å². The van der Waals surface area contributed by atoms with Gasteiger partial charge in [-0.25, -0.2) is 9.07 Å². The average Bonchev–Trinajstić information content (AvgIpc) is 2.70. The van der Waals surface area contributed by atoms with E-state index in [0.717, 1.165) is 0 Å². The van der Waals surface area contributed by atoms with Crippen molar-refractivity contribution in [1.29, 1.82) is 0 Å². The van der Waals surface area contributed by atoms with Gasteiger partial charge in [-0.05, 0) is 28.1 Å². The number of aldehydes is 1. The predicted octanol–water partition coefficient (Wildman–Crippen LogP) is 2.59. The molecular formula is C10H6BrFN2O. The van der Waals surface area contributed by atoms with Gasteiger partial charge in [0.25, 0.3) is 0 Å². The van der Waals surface area contributed by atoms with Crippen molar-refractivity contribution >= 4 is 22.2 Å². The summed E-state index contributed by atoms with van der Waals surface area (Å²) in [6, 6.07) is 4.63.